The Bertz CT molecular complexity index is 907. The molecular formula is C18H14NS+. The molecule has 0 spiro atoms. The third-order valence-corrected chi connectivity index (χ3v) is 4.85. The molecule has 0 fully saturated rings. The number of pyridine rings is 1. The zero-order valence-electron chi connectivity index (χ0n) is 11.2. The van der Waals surface area contributed by atoms with Crippen molar-refractivity contribution in [3.8, 4) is 11.1 Å². The van der Waals surface area contributed by atoms with Gasteiger partial charge in [0.1, 0.15) is 4.70 Å². The minimum atomic E-state index is 1.28. The van der Waals surface area contributed by atoms with Gasteiger partial charge >= 0.3 is 0 Å². The molecule has 0 aliphatic heterocycles. The highest BCUT2D eigenvalue weighted by molar-refractivity contribution is 7.23. The summed E-state index contributed by atoms with van der Waals surface area (Å²) in [5, 5.41) is 0. The van der Waals surface area contributed by atoms with Crippen LogP contribution < -0.4 is 4.40 Å². The smallest absolute Gasteiger partial charge is 0.150 e. The Kier molecular flexibility index (Phi) is 2.57. The van der Waals surface area contributed by atoms with Crippen molar-refractivity contribution in [1.29, 1.82) is 0 Å². The van der Waals surface area contributed by atoms with Crippen LogP contribution in [-0.2, 0) is 0 Å². The lowest BCUT2D eigenvalue weighted by Gasteiger charge is -2.03. The van der Waals surface area contributed by atoms with Crippen molar-refractivity contribution >= 4 is 26.4 Å². The van der Waals surface area contributed by atoms with E-state index in [1.54, 1.807) is 0 Å². The van der Waals surface area contributed by atoms with Gasteiger partial charge in [0.2, 0.25) is 5.52 Å². The predicted octanol–water partition coefficient (Wildman–Crippen LogP) is 4.62. The fourth-order valence-corrected chi connectivity index (χ4v) is 3.98. The molecule has 0 radical (unpaired) electrons. The third-order valence-electron chi connectivity index (χ3n) is 3.69. The Balaban J connectivity index is 2.17. The van der Waals surface area contributed by atoms with Crippen molar-refractivity contribution in [2.24, 2.45) is 0 Å². The van der Waals surface area contributed by atoms with Gasteiger partial charge in [0.25, 0.3) is 4.83 Å². The SMILES string of the molecule is Cc1cc[n+]2c(sc3ccccc32)c1-c1ccccc1. The van der Waals surface area contributed by atoms with Gasteiger partial charge in [-0.05, 0) is 24.1 Å². The molecule has 96 valence electrons. The van der Waals surface area contributed by atoms with E-state index in [2.05, 4.69) is 78.2 Å². The Hall–Kier alpha value is -2.19. The molecule has 4 rings (SSSR count). The number of nitrogens with zero attached hydrogens (tertiary/aromatic N) is 1. The molecule has 2 heteroatoms. The lowest BCUT2D eigenvalue weighted by Crippen LogP contribution is -2.19. The van der Waals surface area contributed by atoms with Crippen molar-refractivity contribution in [3.63, 3.8) is 0 Å². The summed E-state index contributed by atoms with van der Waals surface area (Å²) in [6, 6.07) is 21.4. The predicted molar refractivity (Wildman–Crippen MR) is 85.2 cm³/mol. The topological polar surface area (TPSA) is 4.10 Å². The average Bonchev–Trinajstić information content (AvgIpc) is 2.86. The highest BCUT2D eigenvalue weighted by Gasteiger charge is 2.19. The van der Waals surface area contributed by atoms with E-state index in [0.717, 1.165) is 0 Å². The number of thiazole rings is 1. The largest absolute Gasteiger partial charge is 0.276 e. The lowest BCUT2D eigenvalue weighted by atomic mass is 10.0. The molecule has 0 atom stereocenters. The van der Waals surface area contributed by atoms with Gasteiger partial charge < -0.3 is 0 Å². The number of fused-ring (bicyclic) bond motifs is 3. The molecule has 1 nitrogen and oxygen atoms in total. The average molecular weight is 276 g/mol. The molecule has 0 N–H and O–H groups in total. The zero-order valence-corrected chi connectivity index (χ0v) is 12.0. The van der Waals surface area contributed by atoms with E-state index < -0.39 is 0 Å². The minimum absolute atomic E-state index is 1.28. The first kappa shape index (κ1) is 11.6. The highest BCUT2D eigenvalue weighted by Crippen LogP contribution is 2.32. The van der Waals surface area contributed by atoms with Gasteiger partial charge in [-0.2, -0.15) is 0 Å². The Morgan fingerprint density at radius 3 is 2.45 bits per heavy atom. The van der Waals surface area contributed by atoms with Crippen molar-refractivity contribution < 1.29 is 4.40 Å². The summed E-state index contributed by atoms with van der Waals surface area (Å²) in [6.07, 6.45) is 2.18. The second kappa shape index (κ2) is 4.43. The fraction of sp³-hybridized carbons (Fsp3) is 0.0556. The maximum atomic E-state index is 2.30. The minimum Gasteiger partial charge on any atom is -0.150 e. The van der Waals surface area contributed by atoms with Crippen LogP contribution in [0.5, 0.6) is 0 Å². The first-order valence-corrected chi connectivity index (χ1v) is 7.54. The molecule has 0 aliphatic carbocycles. The molecular weight excluding hydrogens is 262 g/mol. The van der Waals surface area contributed by atoms with E-state index >= 15 is 0 Å². The van der Waals surface area contributed by atoms with E-state index in [1.807, 2.05) is 11.3 Å². The number of benzene rings is 2. The normalized spacial score (nSPS) is 11.2. The van der Waals surface area contributed by atoms with E-state index in [9.17, 15) is 0 Å². The van der Waals surface area contributed by atoms with E-state index in [4.69, 9.17) is 0 Å². The fourth-order valence-electron chi connectivity index (χ4n) is 2.72. The summed E-state index contributed by atoms with van der Waals surface area (Å²) in [5.41, 5.74) is 5.23. The molecule has 4 aromatic rings. The van der Waals surface area contributed by atoms with Crippen LogP contribution in [0.15, 0.2) is 66.9 Å². The molecule has 0 amide bonds. The Labute approximate surface area is 121 Å². The molecule has 20 heavy (non-hydrogen) atoms. The summed E-state index contributed by atoms with van der Waals surface area (Å²) in [7, 11) is 0. The lowest BCUT2D eigenvalue weighted by molar-refractivity contribution is -0.477. The summed E-state index contributed by atoms with van der Waals surface area (Å²) < 4.78 is 3.63. The summed E-state index contributed by atoms with van der Waals surface area (Å²) in [6.45, 7) is 2.19. The molecule has 0 saturated carbocycles. The van der Waals surface area contributed by atoms with Crippen molar-refractivity contribution in [1.82, 2.24) is 0 Å². The zero-order chi connectivity index (χ0) is 13.5. The van der Waals surface area contributed by atoms with Gasteiger partial charge in [-0.3, -0.25) is 0 Å². The third kappa shape index (κ3) is 1.65. The summed E-state index contributed by atoms with van der Waals surface area (Å²) in [4.78, 5) is 1.32. The van der Waals surface area contributed by atoms with Crippen molar-refractivity contribution in [2.75, 3.05) is 0 Å². The van der Waals surface area contributed by atoms with Crippen LogP contribution in [0.3, 0.4) is 0 Å². The summed E-state index contributed by atoms with van der Waals surface area (Å²) in [5.74, 6) is 0. The van der Waals surface area contributed by atoms with Gasteiger partial charge in [0.05, 0.1) is 5.56 Å². The second-order valence-corrected chi connectivity index (χ2v) is 6.02. The standard InChI is InChI=1S/C18H14NS/c1-13-11-12-19-15-9-5-6-10-16(15)20-18(19)17(13)14-7-3-2-4-8-14/h2-12H,1H3/q+1. The molecule has 0 aliphatic rings. The number of rotatable bonds is 1. The van der Waals surface area contributed by atoms with E-state index in [0.29, 0.717) is 0 Å². The monoisotopic (exact) mass is 276 g/mol. The quantitative estimate of drug-likeness (QED) is 0.447. The van der Waals surface area contributed by atoms with Gasteiger partial charge in [0.15, 0.2) is 6.20 Å². The van der Waals surface area contributed by atoms with E-state index in [-0.39, 0.29) is 0 Å². The maximum absolute atomic E-state index is 2.30. The Morgan fingerprint density at radius 1 is 0.850 bits per heavy atom. The number of hydrogen-bond acceptors (Lipinski definition) is 1. The Morgan fingerprint density at radius 2 is 1.60 bits per heavy atom. The summed E-state index contributed by atoms with van der Waals surface area (Å²) >= 11 is 1.86. The molecule has 2 aromatic carbocycles. The van der Waals surface area contributed by atoms with Gasteiger partial charge in [0, 0.05) is 12.1 Å². The number of aromatic nitrogens is 1. The molecule has 0 saturated heterocycles. The van der Waals surface area contributed by atoms with Crippen LogP contribution in [-0.4, -0.2) is 0 Å². The number of para-hydroxylation sites is 1. The first-order chi connectivity index (χ1) is 9.84. The van der Waals surface area contributed by atoms with Crippen molar-refractivity contribution in [3.05, 3.63) is 72.4 Å². The van der Waals surface area contributed by atoms with Crippen LogP contribution in [0, 0.1) is 6.92 Å². The number of hydrogen-bond donors (Lipinski definition) is 0. The second-order valence-electron chi connectivity index (χ2n) is 4.98. The molecule has 2 aromatic heterocycles. The van der Waals surface area contributed by atoms with Crippen LogP contribution in [0.1, 0.15) is 5.56 Å². The van der Waals surface area contributed by atoms with Crippen molar-refractivity contribution in [2.45, 2.75) is 6.92 Å². The van der Waals surface area contributed by atoms with Gasteiger partial charge in [-0.15, -0.1) is 4.40 Å². The van der Waals surface area contributed by atoms with Crippen LogP contribution in [0.25, 0.3) is 26.2 Å². The van der Waals surface area contributed by atoms with Crippen LogP contribution >= 0.6 is 11.3 Å². The van der Waals surface area contributed by atoms with Crippen LogP contribution in [0.2, 0.25) is 0 Å². The highest BCUT2D eigenvalue weighted by atomic mass is 32.1. The maximum Gasteiger partial charge on any atom is 0.276 e. The number of aryl methyl sites for hydroxylation is 1. The van der Waals surface area contributed by atoms with Gasteiger partial charge in [-0.1, -0.05) is 53.8 Å². The van der Waals surface area contributed by atoms with E-state index in [1.165, 1.54) is 31.7 Å². The first-order valence-electron chi connectivity index (χ1n) is 6.72. The molecule has 0 unspecified atom stereocenters. The van der Waals surface area contributed by atoms with Gasteiger partial charge in [-0.25, -0.2) is 0 Å². The molecule has 0 bridgehead atoms. The van der Waals surface area contributed by atoms with Crippen LogP contribution in [0.4, 0.5) is 0 Å². The molecule has 2 heterocycles.